The van der Waals surface area contributed by atoms with Crippen LogP contribution in [0.4, 0.5) is 5.69 Å². The summed E-state index contributed by atoms with van der Waals surface area (Å²) in [7, 11) is 0. The van der Waals surface area contributed by atoms with Gasteiger partial charge in [-0.1, -0.05) is 48.0 Å². The minimum atomic E-state index is 0.403. The molecule has 4 nitrogen and oxygen atoms in total. The summed E-state index contributed by atoms with van der Waals surface area (Å²) in [4.78, 5) is 0. The van der Waals surface area contributed by atoms with Crippen molar-refractivity contribution < 1.29 is 14.2 Å². The first-order valence-electron chi connectivity index (χ1n) is 12.0. The molecule has 184 valence electrons. The first-order valence-corrected chi connectivity index (χ1v) is 12.4. The lowest BCUT2D eigenvalue weighted by molar-refractivity contribution is 0.267. The molecule has 0 aliphatic carbocycles. The van der Waals surface area contributed by atoms with Gasteiger partial charge in [0.2, 0.25) is 0 Å². The number of allylic oxidation sites excluding steroid dienone is 1. The summed E-state index contributed by atoms with van der Waals surface area (Å²) in [5.41, 5.74) is 4.12. The third kappa shape index (κ3) is 7.06. The van der Waals surface area contributed by atoms with Crippen LogP contribution in [0.3, 0.4) is 0 Å². The minimum Gasteiger partial charge on any atom is -0.490 e. The van der Waals surface area contributed by atoms with Crippen molar-refractivity contribution in [3.05, 3.63) is 125 Å². The van der Waals surface area contributed by atoms with E-state index in [-0.39, 0.29) is 0 Å². The number of hydrogen-bond donors (Lipinski definition) is 1. The van der Waals surface area contributed by atoms with Crippen LogP contribution < -0.4 is 19.5 Å². The fourth-order valence-electron chi connectivity index (χ4n) is 3.81. The maximum atomic E-state index is 6.23. The quantitative estimate of drug-likeness (QED) is 0.198. The lowest BCUT2D eigenvalue weighted by Crippen LogP contribution is -2.06. The van der Waals surface area contributed by atoms with E-state index in [1.54, 1.807) is 0 Å². The monoisotopic (exact) mass is 499 g/mol. The first-order chi connectivity index (χ1) is 17.6. The molecule has 0 radical (unpaired) electrons. The summed E-state index contributed by atoms with van der Waals surface area (Å²) >= 11 is 6.13. The molecule has 0 atom stereocenters. The molecular formula is C31H30ClNO3. The summed E-state index contributed by atoms with van der Waals surface area (Å²) in [6, 6.07) is 29.5. The summed E-state index contributed by atoms with van der Waals surface area (Å²) in [6.45, 7) is 7.47. The molecule has 36 heavy (non-hydrogen) atoms. The van der Waals surface area contributed by atoms with E-state index in [1.807, 2.05) is 97.9 Å². The molecular weight excluding hydrogens is 470 g/mol. The smallest absolute Gasteiger partial charge is 0.165 e. The van der Waals surface area contributed by atoms with Crippen molar-refractivity contribution in [2.75, 3.05) is 11.9 Å². The third-order valence-electron chi connectivity index (χ3n) is 5.46. The summed E-state index contributed by atoms with van der Waals surface area (Å²) in [5, 5.41) is 4.17. The number of benzene rings is 4. The number of hydrogen-bond acceptors (Lipinski definition) is 4. The molecule has 0 amide bonds. The van der Waals surface area contributed by atoms with Gasteiger partial charge in [0.1, 0.15) is 18.1 Å². The Labute approximate surface area is 218 Å². The van der Waals surface area contributed by atoms with E-state index in [4.69, 9.17) is 25.8 Å². The van der Waals surface area contributed by atoms with Crippen molar-refractivity contribution in [1.29, 1.82) is 0 Å². The molecule has 0 aliphatic rings. The molecule has 5 heteroatoms. The summed E-state index contributed by atoms with van der Waals surface area (Å²) in [5.74, 6) is 3.07. The molecule has 0 unspecified atom stereocenters. The van der Waals surface area contributed by atoms with E-state index in [1.165, 1.54) is 0 Å². The largest absolute Gasteiger partial charge is 0.490 e. The molecule has 0 saturated carbocycles. The van der Waals surface area contributed by atoms with Gasteiger partial charge in [-0.05, 0) is 85.1 Å². The molecule has 0 saturated heterocycles. The number of nitrogens with one attached hydrogen (secondary N) is 1. The third-order valence-corrected chi connectivity index (χ3v) is 5.69. The molecule has 4 aromatic rings. The maximum Gasteiger partial charge on any atom is 0.165 e. The van der Waals surface area contributed by atoms with Gasteiger partial charge in [0.05, 0.1) is 6.61 Å². The van der Waals surface area contributed by atoms with Crippen molar-refractivity contribution in [2.24, 2.45) is 0 Å². The van der Waals surface area contributed by atoms with Gasteiger partial charge in [0.15, 0.2) is 11.5 Å². The average molecular weight is 500 g/mol. The van der Waals surface area contributed by atoms with Crippen LogP contribution in [-0.2, 0) is 19.6 Å². The van der Waals surface area contributed by atoms with Crippen LogP contribution in [0, 0.1) is 0 Å². The van der Waals surface area contributed by atoms with Crippen LogP contribution in [-0.4, -0.2) is 6.61 Å². The molecule has 0 spiro atoms. The average Bonchev–Trinajstić information content (AvgIpc) is 2.89. The number of para-hydroxylation sites is 1. The fraction of sp³-hybridized carbons (Fsp3) is 0.161. The highest BCUT2D eigenvalue weighted by Gasteiger charge is 2.14. The van der Waals surface area contributed by atoms with Gasteiger partial charge in [-0.15, -0.1) is 6.58 Å². The van der Waals surface area contributed by atoms with E-state index in [0.717, 1.165) is 45.4 Å². The van der Waals surface area contributed by atoms with E-state index in [0.29, 0.717) is 31.2 Å². The zero-order valence-corrected chi connectivity index (χ0v) is 21.1. The Balaban J connectivity index is 1.46. The highest BCUT2D eigenvalue weighted by atomic mass is 35.5. The second kappa shape index (κ2) is 12.7. The Bertz CT molecular complexity index is 1270. The van der Waals surface area contributed by atoms with E-state index >= 15 is 0 Å². The second-order valence-electron chi connectivity index (χ2n) is 8.22. The number of halogens is 1. The van der Waals surface area contributed by atoms with E-state index in [9.17, 15) is 0 Å². The predicted molar refractivity (Wildman–Crippen MR) is 148 cm³/mol. The van der Waals surface area contributed by atoms with Crippen LogP contribution in [0.25, 0.3) is 0 Å². The maximum absolute atomic E-state index is 6.23. The lowest BCUT2D eigenvalue weighted by atomic mass is 10.0. The van der Waals surface area contributed by atoms with Crippen molar-refractivity contribution in [2.45, 2.75) is 26.5 Å². The Morgan fingerprint density at radius 3 is 2.33 bits per heavy atom. The summed E-state index contributed by atoms with van der Waals surface area (Å²) in [6.07, 6.45) is 2.55. The molecule has 0 bridgehead atoms. The van der Waals surface area contributed by atoms with Crippen molar-refractivity contribution in [3.8, 4) is 23.0 Å². The van der Waals surface area contributed by atoms with Crippen LogP contribution >= 0.6 is 11.6 Å². The predicted octanol–water partition coefficient (Wildman–Crippen LogP) is 8.45. The molecule has 4 aromatic carbocycles. The zero-order valence-electron chi connectivity index (χ0n) is 20.4. The van der Waals surface area contributed by atoms with Gasteiger partial charge >= 0.3 is 0 Å². The fourth-order valence-corrected chi connectivity index (χ4v) is 4.02. The normalized spacial score (nSPS) is 10.5. The second-order valence-corrected chi connectivity index (χ2v) is 8.66. The number of anilines is 1. The number of ether oxygens (including phenoxy) is 3. The van der Waals surface area contributed by atoms with Crippen LogP contribution in [0.2, 0.25) is 5.02 Å². The van der Waals surface area contributed by atoms with Gasteiger partial charge in [-0.25, -0.2) is 0 Å². The Morgan fingerprint density at radius 2 is 1.61 bits per heavy atom. The molecule has 0 fully saturated rings. The first kappa shape index (κ1) is 25.2. The van der Waals surface area contributed by atoms with Crippen LogP contribution in [0.15, 0.2) is 104 Å². The van der Waals surface area contributed by atoms with Crippen LogP contribution in [0.5, 0.6) is 23.0 Å². The molecule has 4 rings (SSSR count). The van der Waals surface area contributed by atoms with Crippen molar-refractivity contribution in [1.82, 2.24) is 0 Å². The molecule has 0 heterocycles. The van der Waals surface area contributed by atoms with Gasteiger partial charge in [-0.2, -0.15) is 0 Å². The Hall–Kier alpha value is -3.89. The highest BCUT2D eigenvalue weighted by molar-refractivity contribution is 6.30. The van der Waals surface area contributed by atoms with Crippen molar-refractivity contribution >= 4 is 17.3 Å². The molecule has 0 aromatic heterocycles. The van der Waals surface area contributed by atoms with Gasteiger partial charge in [-0.3, -0.25) is 0 Å². The van der Waals surface area contributed by atoms with E-state index < -0.39 is 0 Å². The topological polar surface area (TPSA) is 39.7 Å². The van der Waals surface area contributed by atoms with E-state index in [2.05, 4.69) is 18.0 Å². The number of rotatable bonds is 12. The standard InChI is InChI=1S/C31H30ClNO3/c1-3-9-25-18-24(20-30(34-4-2)31(25)35-22-23-10-8-11-26(32)19-23)21-33-27-14-16-29(17-15-27)36-28-12-6-5-7-13-28/h3,5-8,10-20,33H,1,4,9,21-22H2,2H3. The van der Waals surface area contributed by atoms with Gasteiger partial charge < -0.3 is 19.5 Å². The Kier molecular flexibility index (Phi) is 8.90. The Morgan fingerprint density at radius 1 is 0.833 bits per heavy atom. The van der Waals surface area contributed by atoms with Gasteiger partial charge in [0, 0.05) is 22.8 Å². The highest BCUT2D eigenvalue weighted by Crippen LogP contribution is 2.35. The minimum absolute atomic E-state index is 0.403. The molecule has 1 N–H and O–H groups in total. The van der Waals surface area contributed by atoms with Crippen molar-refractivity contribution in [3.63, 3.8) is 0 Å². The zero-order chi connectivity index (χ0) is 25.2. The molecule has 0 aliphatic heterocycles. The summed E-state index contributed by atoms with van der Waals surface area (Å²) < 4.78 is 18.1. The SMILES string of the molecule is C=CCc1cc(CNc2ccc(Oc3ccccc3)cc2)cc(OCC)c1OCc1cccc(Cl)c1. The lowest BCUT2D eigenvalue weighted by Gasteiger charge is -2.18. The van der Waals surface area contributed by atoms with Gasteiger partial charge in [0.25, 0.3) is 0 Å². The van der Waals surface area contributed by atoms with Crippen LogP contribution in [0.1, 0.15) is 23.6 Å².